The molecule has 1 atom stereocenters. The summed E-state index contributed by atoms with van der Waals surface area (Å²) in [6.07, 6.45) is 1.69. The molecule has 20 heavy (non-hydrogen) atoms. The summed E-state index contributed by atoms with van der Waals surface area (Å²) < 4.78 is 20.3. The molecule has 102 valence electrons. The van der Waals surface area contributed by atoms with Crippen LogP contribution >= 0.6 is 15.9 Å². The van der Waals surface area contributed by atoms with Crippen LogP contribution in [0.5, 0.6) is 0 Å². The molecule has 0 spiro atoms. The molecule has 1 unspecified atom stereocenters. The van der Waals surface area contributed by atoms with E-state index >= 15 is 0 Å². The van der Waals surface area contributed by atoms with Gasteiger partial charge >= 0.3 is 0 Å². The number of halogens is 2. The van der Waals surface area contributed by atoms with Gasteiger partial charge in [0.1, 0.15) is 11.4 Å². The van der Waals surface area contributed by atoms with E-state index < -0.39 is 0 Å². The van der Waals surface area contributed by atoms with Crippen LogP contribution in [0.3, 0.4) is 0 Å². The minimum absolute atomic E-state index is 0.253. The Bertz CT molecular complexity index is 753. The third-order valence-corrected chi connectivity index (χ3v) is 4.02. The van der Waals surface area contributed by atoms with Crippen LogP contribution in [-0.2, 0) is 0 Å². The molecule has 3 rings (SSSR count). The minimum Gasteiger partial charge on any atom is -0.464 e. The summed E-state index contributed by atoms with van der Waals surface area (Å²) in [6.45, 7) is 0. The van der Waals surface area contributed by atoms with E-state index in [-0.39, 0.29) is 11.9 Å². The van der Waals surface area contributed by atoms with Gasteiger partial charge in [-0.3, -0.25) is 0 Å². The van der Waals surface area contributed by atoms with Crippen molar-refractivity contribution in [3.05, 3.63) is 70.1 Å². The average molecular weight is 334 g/mol. The van der Waals surface area contributed by atoms with Crippen LogP contribution in [0.1, 0.15) is 17.2 Å². The van der Waals surface area contributed by atoms with E-state index in [0.717, 1.165) is 16.5 Å². The fourth-order valence-corrected chi connectivity index (χ4v) is 2.83. The van der Waals surface area contributed by atoms with E-state index in [1.807, 2.05) is 37.4 Å². The molecule has 0 amide bonds. The maximum atomic E-state index is 14.3. The second-order valence-corrected chi connectivity index (χ2v) is 5.41. The van der Waals surface area contributed by atoms with Crippen LogP contribution in [0.2, 0.25) is 0 Å². The number of para-hydroxylation sites is 1. The number of hydrogen-bond donors (Lipinski definition) is 1. The molecule has 0 radical (unpaired) electrons. The third kappa shape index (κ3) is 2.15. The van der Waals surface area contributed by atoms with E-state index in [2.05, 4.69) is 21.2 Å². The Morgan fingerprint density at radius 3 is 2.70 bits per heavy atom. The van der Waals surface area contributed by atoms with Crippen LogP contribution in [0.25, 0.3) is 11.0 Å². The molecule has 0 saturated heterocycles. The van der Waals surface area contributed by atoms with Gasteiger partial charge in [0.05, 0.1) is 16.8 Å². The molecule has 0 aliphatic carbocycles. The first kappa shape index (κ1) is 13.3. The van der Waals surface area contributed by atoms with Crippen LogP contribution < -0.4 is 5.32 Å². The monoisotopic (exact) mass is 333 g/mol. The molecular weight excluding hydrogens is 321 g/mol. The fourth-order valence-electron chi connectivity index (χ4n) is 2.44. The topological polar surface area (TPSA) is 25.2 Å². The van der Waals surface area contributed by atoms with Crippen molar-refractivity contribution >= 4 is 26.9 Å². The van der Waals surface area contributed by atoms with Gasteiger partial charge in [0, 0.05) is 16.5 Å². The van der Waals surface area contributed by atoms with Crippen molar-refractivity contribution in [2.24, 2.45) is 0 Å². The van der Waals surface area contributed by atoms with Crippen molar-refractivity contribution in [3.63, 3.8) is 0 Å². The van der Waals surface area contributed by atoms with Crippen LogP contribution in [0.4, 0.5) is 4.39 Å². The van der Waals surface area contributed by atoms with Gasteiger partial charge in [0.15, 0.2) is 0 Å². The Balaban J connectivity index is 2.17. The predicted octanol–water partition coefficient (Wildman–Crippen LogP) is 4.64. The molecule has 3 aromatic rings. The number of nitrogens with one attached hydrogen (secondary N) is 1. The van der Waals surface area contributed by atoms with Gasteiger partial charge in [-0.25, -0.2) is 4.39 Å². The summed E-state index contributed by atoms with van der Waals surface area (Å²) in [5.74, 6) is -0.253. The number of hydrogen-bond acceptors (Lipinski definition) is 2. The molecule has 0 aliphatic rings. The SMILES string of the molecule is CNC(c1cccc(Br)c1F)c1coc2ccccc12. The van der Waals surface area contributed by atoms with E-state index in [1.165, 1.54) is 0 Å². The van der Waals surface area contributed by atoms with Crippen molar-refractivity contribution in [1.29, 1.82) is 0 Å². The molecule has 0 saturated carbocycles. The summed E-state index contributed by atoms with van der Waals surface area (Å²) >= 11 is 3.23. The zero-order valence-corrected chi connectivity index (χ0v) is 12.4. The molecule has 0 fully saturated rings. The molecule has 2 nitrogen and oxygen atoms in total. The molecule has 2 aromatic carbocycles. The van der Waals surface area contributed by atoms with Crippen molar-refractivity contribution in [2.75, 3.05) is 7.05 Å². The van der Waals surface area contributed by atoms with Gasteiger partial charge in [0.25, 0.3) is 0 Å². The largest absolute Gasteiger partial charge is 0.464 e. The van der Waals surface area contributed by atoms with Gasteiger partial charge in [0.2, 0.25) is 0 Å². The normalized spacial score (nSPS) is 12.8. The Kier molecular flexibility index (Phi) is 3.59. The van der Waals surface area contributed by atoms with Crippen molar-refractivity contribution < 1.29 is 8.81 Å². The van der Waals surface area contributed by atoms with Gasteiger partial charge in [-0.1, -0.05) is 30.3 Å². The summed E-state index contributed by atoms with van der Waals surface area (Å²) in [5.41, 5.74) is 2.33. The molecule has 0 aliphatic heterocycles. The Morgan fingerprint density at radius 2 is 1.90 bits per heavy atom. The lowest BCUT2D eigenvalue weighted by Gasteiger charge is -2.17. The Hall–Kier alpha value is -1.65. The first-order valence-electron chi connectivity index (χ1n) is 6.29. The zero-order chi connectivity index (χ0) is 14.1. The highest BCUT2D eigenvalue weighted by Gasteiger charge is 2.21. The van der Waals surface area contributed by atoms with E-state index in [1.54, 1.807) is 18.4 Å². The molecule has 1 N–H and O–H groups in total. The first-order valence-corrected chi connectivity index (χ1v) is 7.09. The number of furan rings is 1. The third-order valence-electron chi connectivity index (χ3n) is 3.40. The van der Waals surface area contributed by atoms with E-state index in [0.29, 0.717) is 10.0 Å². The molecule has 0 bridgehead atoms. The van der Waals surface area contributed by atoms with Gasteiger partial charge in [-0.15, -0.1) is 0 Å². The maximum Gasteiger partial charge on any atom is 0.142 e. The van der Waals surface area contributed by atoms with Gasteiger partial charge < -0.3 is 9.73 Å². The van der Waals surface area contributed by atoms with Crippen LogP contribution in [0, 0.1) is 5.82 Å². The number of benzene rings is 2. The minimum atomic E-state index is -0.254. The summed E-state index contributed by atoms with van der Waals surface area (Å²) in [6, 6.07) is 12.8. The maximum absolute atomic E-state index is 14.3. The van der Waals surface area contributed by atoms with Crippen LogP contribution in [0.15, 0.2) is 57.6 Å². The van der Waals surface area contributed by atoms with E-state index in [4.69, 9.17) is 4.42 Å². The van der Waals surface area contributed by atoms with Gasteiger partial charge in [-0.05, 0) is 35.1 Å². The molecule has 1 aromatic heterocycles. The van der Waals surface area contributed by atoms with Crippen molar-refractivity contribution in [1.82, 2.24) is 5.32 Å². The molecule has 1 heterocycles. The van der Waals surface area contributed by atoms with Crippen LogP contribution in [-0.4, -0.2) is 7.05 Å². The predicted molar refractivity (Wildman–Crippen MR) is 81.2 cm³/mol. The highest BCUT2D eigenvalue weighted by atomic mass is 79.9. The highest BCUT2D eigenvalue weighted by Crippen LogP contribution is 2.33. The average Bonchev–Trinajstić information content (AvgIpc) is 2.88. The fraction of sp³-hybridized carbons (Fsp3) is 0.125. The molecular formula is C16H13BrFNO. The van der Waals surface area contributed by atoms with Crippen molar-refractivity contribution in [3.8, 4) is 0 Å². The summed E-state index contributed by atoms with van der Waals surface area (Å²) in [7, 11) is 1.81. The van der Waals surface area contributed by atoms with Crippen molar-refractivity contribution in [2.45, 2.75) is 6.04 Å². The van der Waals surface area contributed by atoms with Gasteiger partial charge in [-0.2, -0.15) is 0 Å². The zero-order valence-electron chi connectivity index (χ0n) is 10.9. The lowest BCUT2D eigenvalue weighted by molar-refractivity contribution is 0.561. The standard InChI is InChI=1S/C16H13BrFNO/c1-19-16(11-6-4-7-13(17)15(11)18)12-9-20-14-8-3-2-5-10(12)14/h2-9,16,19H,1H3. The van der Waals surface area contributed by atoms with E-state index in [9.17, 15) is 4.39 Å². The number of rotatable bonds is 3. The lowest BCUT2D eigenvalue weighted by Crippen LogP contribution is -2.18. The smallest absolute Gasteiger partial charge is 0.142 e. The second kappa shape index (κ2) is 5.38. The Labute approximate surface area is 124 Å². The summed E-state index contributed by atoms with van der Waals surface area (Å²) in [5, 5.41) is 4.15. The molecule has 4 heteroatoms. The lowest BCUT2D eigenvalue weighted by atomic mass is 9.98. The summed E-state index contributed by atoms with van der Waals surface area (Å²) in [4.78, 5) is 0. The first-order chi connectivity index (χ1) is 9.72. The second-order valence-electron chi connectivity index (χ2n) is 4.55. The Morgan fingerprint density at radius 1 is 1.10 bits per heavy atom. The highest BCUT2D eigenvalue weighted by molar-refractivity contribution is 9.10. The quantitative estimate of drug-likeness (QED) is 0.755. The number of fused-ring (bicyclic) bond motifs is 1.